The van der Waals surface area contributed by atoms with Crippen molar-refractivity contribution in [3.8, 4) is 11.6 Å². The molecule has 0 radical (unpaired) electrons. The van der Waals surface area contributed by atoms with Gasteiger partial charge in [-0.15, -0.1) is 11.6 Å². The summed E-state index contributed by atoms with van der Waals surface area (Å²) >= 11 is 11.9. The Bertz CT molecular complexity index is 1080. The molecule has 1 atom stereocenters. The number of nitrogens with zero attached hydrogens (tertiary/aromatic N) is 3. The molecule has 0 fully saturated rings. The number of pyridine rings is 1. The molecule has 1 aromatic carbocycles. The highest BCUT2D eigenvalue weighted by Gasteiger charge is 2.30. The second-order valence-electron chi connectivity index (χ2n) is 6.23. The van der Waals surface area contributed by atoms with E-state index in [2.05, 4.69) is 24.9 Å². The maximum Gasteiger partial charge on any atom is 0.521 e. The molecule has 1 unspecified atom stereocenters. The van der Waals surface area contributed by atoms with Crippen LogP contribution in [0.4, 0.5) is 19.0 Å². The van der Waals surface area contributed by atoms with Crippen molar-refractivity contribution in [3.05, 3.63) is 70.8 Å². The van der Waals surface area contributed by atoms with Crippen LogP contribution in [0.15, 0.2) is 48.9 Å². The van der Waals surface area contributed by atoms with E-state index in [1.54, 1.807) is 12.1 Å². The van der Waals surface area contributed by atoms with Gasteiger partial charge < -0.3 is 14.9 Å². The van der Waals surface area contributed by atoms with Gasteiger partial charge in [-0.2, -0.15) is 13.2 Å². The number of ether oxygens (including phenoxy) is 1. The second kappa shape index (κ2) is 13.3. The highest BCUT2D eigenvalue weighted by Crippen LogP contribution is 2.30. The molecule has 34 heavy (non-hydrogen) atoms. The zero-order valence-electron chi connectivity index (χ0n) is 17.0. The molecule has 9 nitrogen and oxygen atoms in total. The first-order valence-corrected chi connectivity index (χ1v) is 11.2. The smallest absolute Gasteiger partial charge is 0.521 e. The van der Waals surface area contributed by atoms with Crippen molar-refractivity contribution in [3.63, 3.8) is 0 Å². The summed E-state index contributed by atoms with van der Waals surface area (Å²) in [5.41, 5.74) is 0.756. The number of aromatic nitrogens is 3. The molecular weight excluding hydrogens is 523 g/mol. The van der Waals surface area contributed by atoms with Crippen LogP contribution in [0.5, 0.6) is 11.6 Å². The van der Waals surface area contributed by atoms with Crippen LogP contribution in [0, 0.1) is 0 Å². The Morgan fingerprint density at radius 2 is 1.82 bits per heavy atom. The minimum absolute atomic E-state index is 0. The van der Waals surface area contributed by atoms with Crippen LogP contribution in [0.2, 0.25) is 5.02 Å². The SMILES string of the molecule is FC(F)(F)c1ccc(Oc2ccc(CCNc3ncnc(CCl)c3Cl)cc2)nc1.O=[P+]([O-])OO.[HH]. The maximum atomic E-state index is 12.6. The quantitative estimate of drug-likeness (QED) is 0.165. The molecular formula is C19H18Cl2F3N4O5P. The summed E-state index contributed by atoms with van der Waals surface area (Å²) in [6.45, 7) is 0.582. The fourth-order valence-electron chi connectivity index (χ4n) is 2.40. The van der Waals surface area contributed by atoms with E-state index in [0.29, 0.717) is 35.2 Å². The van der Waals surface area contributed by atoms with Gasteiger partial charge in [0, 0.05) is 24.9 Å². The van der Waals surface area contributed by atoms with Crippen molar-refractivity contribution in [1.82, 2.24) is 15.0 Å². The summed E-state index contributed by atoms with van der Waals surface area (Å²) in [4.78, 5) is 20.7. The monoisotopic (exact) mass is 540 g/mol. The first-order valence-electron chi connectivity index (χ1n) is 9.19. The van der Waals surface area contributed by atoms with E-state index in [-0.39, 0.29) is 13.2 Å². The van der Waals surface area contributed by atoms with Gasteiger partial charge in [-0.1, -0.05) is 23.7 Å². The van der Waals surface area contributed by atoms with Crippen molar-refractivity contribution in [2.45, 2.75) is 18.5 Å². The predicted molar refractivity (Wildman–Crippen MR) is 118 cm³/mol. The average Bonchev–Trinajstić information content (AvgIpc) is 2.81. The van der Waals surface area contributed by atoms with Gasteiger partial charge in [0.2, 0.25) is 5.88 Å². The molecule has 2 N–H and O–H groups in total. The number of rotatable bonds is 8. The molecule has 0 aliphatic carbocycles. The molecule has 15 heteroatoms. The molecule has 0 bridgehead atoms. The topological polar surface area (TPSA) is 130 Å². The largest absolute Gasteiger partial charge is 0.565 e. The van der Waals surface area contributed by atoms with Gasteiger partial charge in [-0.25, -0.2) is 20.2 Å². The summed E-state index contributed by atoms with van der Waals surface area (Å²) in [5, 5.41) is 10.6. The highest BCUT2D eigenvalue weighted by molar-refractivity contribution is 7.30. The number of benzene rings is 1. The normalized spacial score (nSPS) is 11.3. The minimum atomic E-state index is -4.43. The Morgan fingerprint density at radius 1 is 1.15 bits per heavy atom. The van der Waals surface area contributed by atoms with E-state index in [9.17, 15) is 13.2 Å². The summed E-state index contributed by atoms with van der Waals surface area (Å²) in [6.07, 6.45) is -1.60. The van der Waals surface area contributed by atoms with E-state index < -0.39 is 20.0 Å². The number of alkyl halides is 4. The lowest BCUT2D eigenvalue weighted by molar-refractivity contribution is -0.244. The molecule has 0 spiro atoms. The van der Waals surface area contributed by atoms with Gasteiger partial charge in [0.25, 0.3) is 0 Å². The van der Waals surface area contributed by atoms with Gasteiger partial charge in [-0.3, -0.25) is 0 Å². The van der Waals surface area contributed by atoms with Crippen LogP contribution in [0.3, 0.4) is 0 Å². The molecule has 0 saturated heterocycles. The zero-order valence-corrected chi connectivity index (χ0v) is 19.4. The third-order valence-corrected chi connectivity index (χ3v) is 4.75. The van der Waals surface area contributed by atoms with Crippen LogP contribution in [-0.2, 0) is 27.7 Å². The van der Waals surface area contributed by atoms with Gasteiger partial charge >= 0.3 is 14.4 Å². The molecule has 2 heterocycles. The van der Waals surface area contributed by atoms with Gasteiger partial charge in [0.1, 0.15) is 22.9 Å². The average molecular weight is 541 g/mol. The Balaban J connectivity index is 0.000000927. The lowest BCUT2D eigenvalue weighted by Crippen LogP contribution is -2.08. The number of anilines is 1. The van der Waals surface area contributed by atoms with Gasteiger partial charge in [0.05, 0.1) is 17.1 Å². The van der Waals surface area contributed by atoms with E-state index in [0.717, 1.165) is 17.8 Å². The summed E-state index contributed by atoms with van der Waals surface area (Å²) < 4.78 is 54.8. The van der Waals surface area contributed by atoms with Crippen LogP contribution >= 0.6 is 31.5 Å². The molecule has 184 valence electrons. The maximum absolute atomic E-state index is 12.6. The fraction of sp³-hybridized carbons (Fsp3) is 0.211. The van der Waals surface area contributed by atoms with E-state index in [1.807, 2.05) is 12.1 Å². The second-order valence-corrected chi connectivity index (χ2v) is 7.48. The zero-order chi connectivity index (χ0) is 25.1. The summed E-state index contributed by atoms with van der Waals surface area (Å²) in [6, 6.07) is 9.26. The molecule has 2 aromatic heterocycles. The number of hydrogen-bond donors (Lipinski definition) is 2. The molecule has 0 aliphatic rings. The van der Waals surface area contributed by atoms with Crippen molar-refractivity contribution in [2.24, 2.45) is 0 Å². The van der Waals surface area contributed by atoms with Gasteiger partial charge in [-0.05, 0) is 34.7 Å². The van der Waals surface area contributed by atoms with Gasteiger partial charge in [0.15, 0.2) is 0 Å². The molecule has 3 aromatic rings. The molecule has 0 aliphatic heterocycles. The van der Waals surface area contributed by atoms with Crippen molar-refractivity contribution < 1.29 is 38.7 Å². The first kappa shape index (κ1) is 27.6. The van der Waals surface area contributed by atoms with Crippen molar-refractivity contribution >= 4 is 37.3 Å². The van der Waals surface area contributed by atoms with Crippen molar-refractivity contribution in [1.29, 1.82) is 0 Å². The Labute approximate surface area is 203 Å². The van der Waals surface area contributed by atoms with E-state index in [4.69, 9.17) is 42.7 Å². The highest BCUT2D eigenvalue weighted by atomic mass is 35.5. The summed E-state index contributed by atoms with van der Waals surface area (Å²) in [5.74, 6) is 1.27. The third-order valence-electron chi connectivity index (χ3n) is 3.97. The lowest BCUT2D eigenvalue weighted by atomic mass is 10.1. The van der Waals surface area contributed by atoms with E-state index >= 15 is 0 Å². The Morgan fingerprint density at radius 3 is 2.35 bits per heavy atom. The molecule has 3 rings (SSSR count). The predicted octanol–water partition coefficient (Wildman–Crippen LogP) is 5.47. The van der Waals surface area contributed by atoms with Crippen LogP contribution in [0.25, 0.3) is 0 Å². The van der Waals surface area contributed by atoms with E-state index in [1.165, 1.54) is 12.4 Å². The van der Waals surface area contributed by atoms with Crippen molar-refractivity contribution in [2.75, 3.05) is 11.9 Å². The first-order chi connectivity index (χ1) is 16.1. The Hall–Kier alpha value is -2.60. The molecule has 0 saturated carbocycles. The standard InChI is InChI=1S/C19H15Cl2F3N4O.HO4P.H2/c20-9-15-17(21)18(28-11-27-15)25-8-7-12-1-4-14(5-2-12)29-16-6-3-13(10-26-16)19(22,23)24;1-4-5(2)3;/h1-6,10-11H,7-9H2,(H,25,27,28);1H;1H. The molecule has 0 amide bonds. The van der Waals surface area contributed by atoms with Crippen LogP contribution in [0.1, 0.15) is 18.2 Å². The fourth-order valence-corrected chi connectivity index (χ4v) is 2.90. The van der Waals surface area contributed by atoms with Crippen LogP contribution in [-0.4, -0.2) is 26.8 Å². The third kappa shape index (κ3) is 8.98. The van der Waals surface area contributed by atoms with Crippen LogP contribution < -0.4 is 14.9 Å². The number of hydrogen-bond acceptors (Lipinski definition) is 9. The lowest BCUT2D eigenvalue weighted by Gasteiger charge is -2.10. The Kier molecular flexibility index (Phi) is 10.8. The summed E-state index contributed by atoms with van der Waals surface area (Å²) in [7, 11) is -3.04. The number of halogens is 5. The minimum Gasteiger partial charge on any atom is -0.565 e. The number of nitrogens with one attached hydrogen (secondary N) is 1.